The van der Waals surface area contributed by atoms with Gasteiger partial charge in [-0.05, 0) is 48.5 Å². The minimum atomic E-state index is -3.11. The maximum atomic E-state index is 13.7. The second-order valence-corrected chi connectivity index (χ2v) is 9.84. The van der Waals surface area contributed by atoms with Crippen molar-refractivity contribution < 1.29 is 18.4 Å². The molecule has 2 aromatic carbocycles. The van der Waals surface area contributed by atoms with Crippen molar-refractivity contribution in [2.24, 2.45) is 0 Å². The molecule has 0 saturated carbocycles. The number of nitriles is 1. The van der Waals surface area contributed by atoms with Crippen LogP contribution in [0.1, 0.15) is 16.8 Å². The Morgan fingerprint density at radius 3 is 2.50 bits per heavy atom. The third-order valence-corrected chi connectivity index (χ3v) is 7.19. The second kappa shape index (κ2) is 10.3. The van der Waals surface area contributed by atoms with Gasteiger partial charge in [-0.3, -0.25) is 14.6 Å². The second-order valence-electron chi connectivity index (χ2n) is 9.84. The Labute approximate surface area is 219 Å². The number of benzene rings is 2. The summed E-state index contributed by atoms with van der Waals surface area (Å²) in [6.07, 6.45) is 0.813. The molecule has 5 rings (SSSR count). The predicted octanol–water partition coefficient (Wildman–Crippen LogP) is 3.14. The van der Waals surface area contributed by atoms with E-state index in [1.807, 2.05) is 18.2 Å². The van der Waals surface area contributed by atoms with Crippen molar-refractivity contribution in [3.8, 4) is 17.2 Å². The van der Waals surface area contributed by atoms with Crippen molar-refractivity contribution in [2.75, 3.05) is 51.2 Å². The Morgan fingerprint density at radius 2 is 1.79 bits per heavy atom. The highest BCUT2D eigenvalue weighted by Crippen LogP contribution is 2.32. The number of anilines is 1. The van der Waals surface area contributed by atoms with Gasteiger partial charge in [-0.1, -0.05) is 18.2 Å². The molecule has 3 heterocycles. The molecule has 2 saturated heterocycles. The van der Waals surface area contributed by atoms with E-state index in [-0.39, 0.29) is 0 Å². The van der Waals surface area contributed by atoms with Crippen LogP contribution in [0.15, 0.2) is 54.7 Å². The van der Waals surface area contributed by atoms with E-state index in [4.69, 9.17) is 5.26 Å². The lowest BCUT2D eigenvalue weighted by molar-refractivity contribution is -0.131. The molecule has 3 aromatic rings. The number of piperazine rings is 1. The standard InChI is InChI=1S/C28H28F2N6O2/c1-34-10-12-35(13-11-34)21-5-2-19(3-6-21)20-4-7-25-24(14-20)23(8-9-32-25)27(38)33-17-26(37)36-18-28(29,30)15-22(36)16-31/h2-9,14,22H,10-13,15,17-18H2,1H3,(H,33,38). The van der Waals surface area contributed by atoms with Crippen LogP contribution < -0.4 is 10.2 Å². The summed E-state index contributed by atoms with van der Waals surface area (Å²) in [6, 6.07) is 16.1. The normalized spacial score (nSPS) is 19.4. The van der Waals surface area contributed by atoms with Crippen molar-refractivity contribution in [1.29, 1.82) is 5.26 Å². The smallest absolute Gasteiger partial charge is 0.268 e. The van der Waals surface area contributed by atoms with Crippen LogP contribution in [0.2, 0.25) is 0 Å². The van der Waals surface area contributed by atoms with E-state index in [0.29, 0.717) is 16.5 Å². The number of pyridine rings is 1. The molecule has 1 N–H and O–H groups in total. The van der Waals surface area contributed by atoms with Crippen LogP contribution in [0.25, 0.3) is 22.0 Å². The summed E-state index contributed by atoms with van der Waals surface area (Å²) in [7, 11) is 2.13. The molecule has 2 aliphatic rings. The van der Waals surface area contributed by atoms with Crippen LogP contribution in [0.5, 0.6) is 0 Å². The largest absolute Gasteiger partial charge is 0.369 e. The van der Waals surface area contributed by atoms with E-state index in [9.17, 15) is 18.4 Å². The number of hydrogen-bond acceptors (Lipinski definition) is 6. The summed E-state index contributed by atoms with van der Waals surface area (Å²) < 4.78 is 27.4. The number of hydrogen-bond donors (Lipinski definition) is 1. The van der Waals surface area contributed by atoms with Gasteiger partial charge in [0.2, 0.25) is 5.91 Å². The van der Waals surface area contributed by atoms with Crippen molar-refractivity contribution in [2.45, 2.75) is 18.4 Å². The summed E-state index contributed by atoms with van der Waals surface area (Å²) in [5.74, 6) is -4.35. The molecule has 2 aliphatic heterocycles. The first-order chi connectivity index (χ1) is 18.2. The lowest BCUT2D eigenvalue weighted by Gasteiger charge is -2.34. The Hall–Kier alpha value is -4.10. The number of amides is 2. The fourth-order valence-corrected chi connectivity index (χ4v) is 5.00. The van der Waals surface area contributed by atoms with Crippen molar-refractivity contribution >= 4 is 28.4 Å². The minimum absolute atomic E-state index is 0.322. The molecular weight excluding hydrogens is 490 g/mol. The highest BCUT2D eigenvalue weighted by molar-refractivity contribution is 6.07. The van der Waals surface area contributed by atoms with Gasteiger partial charge in [0.15, 0.2) is 0 Å². The summed E-state index contributed by atoms with van der Waals surface area (Å²) in [5.41, 5.74) is 4.01. The lowest BCUT2D eigenvalue weighted by Crippen LogP contribution is -2.44. The van der Waals surface area contributed by atoms with Gasteiger partial charge < -0.3 is 20.0 Å². The SMILES string of the molecule is CN1CCN(c2ccc(-c3ccc4nccc(C(=O)NCC(=O)N5CC(F)(F)CC5C#N)c4c3)cc2)CC1. The Morgan fingerprint density at radius 1 is 1.08 bits per heavy atom. The zero-order valence-corrected chi connectivity index (χ0v) is 21.0. The van der Waals surface area contributed by atoms with E-state index < -0.39 is 43.3 Å². The molecule has 2 amide bonds. The average molecular weight is 519 g/mol. The van der Waals surface area contributed by atoms with E-state index >= 15 is 0 Å². The van der Waals surface area contributed by atoms with Crippen molar-refractivity contribution in [3.63, 3.8) is 0 Å². The van der Waals surface area contributed by atoms with Crippen LogP contribution in [-0.4, -0.2) is 84.9 Å². The number of carbonyl (C=O) groups is 2. The maximum Gasteiger partial charge on any atom is 0.268 e. The van der Waals surface area contributed by atoms with Crippen LogP contribution in [-0.2, 0) is 4.79 Å². The van der Waals surface area contributed by atoms with E-state index in [1.54, 1.807) is 12.1 Å². The highest BCUT2D eigenvalue weighted by Gasteiger charge is 2.47. The lowest BCUT2D eigenvalue weighted by atomic mass is 10.00. The van der Waals surface area contributed by atoms with Gasteiger partial charge >= 0.3 is 0 Å². The first-order valence-corrected chi connectivity index (χ1v) is 12.5. The van der Waals surface area contributed by atoms with Gasteiger partial charge in [-0.25, -0.2) is 8.78 Å². The zero-order chi connectivity index (χ0) is 26.9. The van der Waals surface area contributed by atoms with Gasteiger partial charge in [-0.2, -0.15) is 5.26 Å². The molecular formula is C28H28F2N6O2. The number of aromatic nitrogens is 1. The average Bonchev–Trinajstić information content (AvgIpc) is 3.26. The number of halogens is 2. The summed E-state index contributed by atoms with van der Waals surface area (Å²) in [6.45, 7) is 2.71. The van der Waals surface area contributed by atoms with Gasteiger partial charge in [0.25, 0.3) is 11.8 Å². The topological polar surface area (TPSA) is 92.6 Å². The number of carbonyl (C=O) groups excluding carboxylic acids is 2. The fraction of sp³-hybridized carbons (Fsp3) is 0.357. The van der Waals surface area contributed by atoms with Gasteiger partial charge in [0.1, 0.15) is 6.04 Å². The molecule has 1 atom stereocenters. The molecule has 196 valence electrons. The molecule has 0 radical (unpaired) electrons. The number of fused-ring (bicyclic) bond motifs is 1. The molecule has 2 fully saturated rings. The van der Waals surface area contributed by atoms with Crippen LogP contribution >= 0.6 is 0 Å². The molecule has 38 heavy (non-hydrogen) atoms. The third kappa shape index (κ3) is 5.29. The summed E-state index contributed by atoms with van der Waals surface area (Å²) >= 11 is 0. The molecule has 10 heteroatoms. The number of likely N-dealkylation sites (N-methyl/N-ethyl adjacent to an activating group) is 1. The Bertz CT molecular complexity index is 1400. The van der Waals surface area contributed by atoms with E-state index in [1.165, 1.54) is 11.9 Å². The van der Waals surface area contributed by atoms with E-state index in [0.717, 1.165) is 42.2 Å². The summed E-state index contributed by atoms with van der Waals surface area (Å²) in [5, 5.41) is 12.3. The van der Waals surface area contributed by atoms with Crippen LogP contribution in [0.3, 0.4) is 0 Å². The fourth-order valence-electron chi connectivity index (χ4n) is 5.00. The predicted molar refractivity (Wildman–Crippen MR) is 140 cm³/mol. The Balaban J connectivity index is 1.31. The quantitative estimate of drug-likeness (QED) is 0.558. The molecule has 1 aromatic heterocycles. The van der Waals surface area contributed by atoms with Crippen molar-refractivity contribution in [1.82, 2.24) is 20.1 Å². The number of nitrogens with zero attached hydrogens (tertiary/aromatic N) is 5. The zero-order valence-electron chi connectivity index (χ0n) is 21.0. The molecule has 1 unspecified atom stereocenters. The highest BCUT2D eigenvalue weighted by atomic mass is 19.3. The van der Waals surface area contributed by atoms with E-state index in [2.05, 4.69) is 51.4 Å². The summed E-state index contributed by atoms with van der Waals surface area (Å²) in [4.78, 5) is 35.4. The first kappa shape index (κ1) is 25.5. The number of nitrogens with one attached hydrogen (secondary N) is 1. The third-order valence-electron chi connectivity index (χ3n) is 7.19. The molecule has 0 spiro atoms. The van der Waals surface area contributed by atoms with Gasteiger partial charge in [0.05, 0.1) is 30.2 Å². The van der Waals surface area contributed by atoms with Crippen LogP contribution in [0.4, 0.5) is 14.5 Å². The van der Waals surface area contributed by atoms with Gasteiger partial charge in [0, 0.05) is 49.9 Å². The van der Waals surface area contributed by atoms with Crippen LogP contribution in [0, 0.1) is 11.3 Å². The molecule has 0 bridgehead atoms. The van der Waals surface area contributed by atoms with Gasteiger partial charge in [-0.15, -0.1) is 0 Å². The number of likely N-dealkylation sites (tertiary alicyclic amines) is 1. The monoisotopic (exact) mass is 518 g/mol. The Kier molecular flexibility index (Phi) is 6.95. The number of rotatable bonds is 5. The molecule has 8 nitrogen and oxygen atoms in total. The minimum Gasteiger partial charge on any atom is -0.369 e. The first-order valence-electron chi connectivity index (χ1n) is 12.5. The molecule has 0 aliphatic carbocycles. The number of alkyl halides is 2. The van der Waals surface area contributed by atoms with Crippen molar-refractivity contribution in [3.05, 3.63) is 60.3 Å². The maximum absolute atomic E-state index is 13.7.